The van der Waals surface area contributed by atoms with Crippen molar-refractivity contribution in [2.45, 2.75) is 20.4 Å². The minimum absolute atomic E-state index is 0.226. The van der Waals surface area contributed by atoms with Gasteiger partial charge in [-0.3, -0.25) is 4.57 Å². The molecule has 2 aromatic rings. The largest absolute Gasteiger partial charge is 0.412 e. The van der Waals surface area contributed by atoms with Gasteiger partial charge in [-0.2, -0.15) is 0 Å². The molecule has 2 rings (SSSR count). The number of hydrogen-bond donors (Lipinski definition) is 3. The number of amides is 1. The van der Waals surface area contributed by atoms with Gasteiger partial charge >= 0.3 is 11.8 Å². The van der Waals surface area contributed by atoms with Crippen LogP contribution in [0.1, 0.15) is 13.8 Å². The van der Waals surface area contributed by atoms with E-state index >= 15 is 0 Å². The zero-order valence-corrected chi connectivity index (χ0v) is 14.2. The molecule has 0 fully saturated rings. The fourth-order valence-electron chi connectivity index (χ4n) is 2.55. The Morgan fingerprint density at radius 2 is 2.12 bits per heavy atom. The molecule has 132 valence electrons. The van der Waals surface area contributed by atoms with Crippen molar-refractivity contribution in [3.8, 4) is 5.75 Å². The molecule has 0 unspecified atom stereocenters. The van der Waals surface area contributed by atoms with Crippen molar-refractivity contribution in [2.75, 3.05) is 32.7 Å². The molecule has 0 radical (unpaired) electrons. The Morgan fingerprint density at radius 3 is 2.79 bits per heavy atom. The molecule has 0 aliphatic heterocycles. The number of hydrogen-bond acceptors (Lipinski definition) is 5. The third-order valence-electron chi connectivity index (χ3n) is 3.90. The summed E-state index contributed by atoms with van der Waals surface area (Å²) < 4.78 is 6.81. The SMILES string of the molecule is CCN(CC)CCNC(=O)Oc1ccc2[nH]c(=O)n(CCN)c2c1. The molecule has 8 nitrogen and oxygen atoms in total. The molecule has 1 aromatic carbocycles. The highest BCUT2D eigenvalue weighted by Crippen LogP contribution is 2.18. The Hall–Kier alpha value is -2.32. The van der Waals surface area contributed by atoms with Gasteiger partial charge in [-0.05, 0) is 25.2 Å². The molecule has 1 aromatic heterocycles. The highest BCUT2D eigenvalue weighted by molar-refractivity contribution is 5.78. The smallest absolute Gasteiger partial charge is 0.410 e. The minimum atomic E-state index is -0.509. The Labute approximate surface area is 140 Å². The van der Waals surface area contributed by atoms with Crippen LogP contribution in [0, 0.1) is 0 Å². The van der Waals surface area contributed by atoms with E-state index < -0.39 is 6.09 Å². The third kappa shape index (κ3) is 4.36. The number of rotatable bonds is 8. The number of H-pyrrole nitrogens is 1. The lowest BCUT2D eigenvalue weighted by Gasteiger charge is -2.17. The first-order valence-corrected chi connectivity index (χ1v) is 8.19. The number of benzene rings is 1. The van der Waals surface area contributed by atoms with Gasteiger partial charge in [-0.25, -0.2) is 9.59 Å². The molecule has 1 amide bonds. The molecule has 0 atom stereocenters. The number of carbonyl (C=O) groups excluding carboxylic acids is 1. The third-order valence-corrected chi connectivity index (χ3v) is 3.90. The second-order valence-corrected chi connectivity index (χ2v) is 5.39. The number of aromatic amines is 1. The van der Waals surface area contributed by atoms with Crippen LogP contribution in [0.25, 0.3) is 11.0 Å². The Kier molecular flexibility index (Phi) is 6.39. The molecule has 0 spiro atoms. The maximum absolute atomic E-state index is 11.9. The highest BCUT2D eigenvalue weighted by Gasteiger charge is 2.10. The zero-order chi connectivity index (χ0) is 17.5. The van der Waals surface area contributed by atoms with Gasteiger partial charge in [0.2, 0.25) is 0 Å². The van der Waals surface area contributed by atoms with Crippen LogP contribution in [0.2, 0.25) is 0 Å². The zero-order valence-electron chi connectivity index (χ0n) is 14.2. The van der Waals surface area contributed by atoms with Gasteiger partial charge in [-0.1, -0.05) is 13.8 Å². The molecule has 24 heavy (non-hydrogen) atoms. The lowest BCUT2D eigenvalue weighted by atomic mass is 10.3. The predicted octanol–water partition coefficient (Wildman–Crippen LogP) is 0.719. The van der Waals surface area contributed by atoms with Gasteiger partial charge in [0.25, 0.3) is 0 Å². The summed E-state index contributed by atoms with van der Waals surface area (Å²) in [4.78, 5) is 28.7. The van der Waals surface area contributed by atoms with Crippen LogP contribution in [0.4, 0.5) is 4.79 Å². The van der Waals surface area contributed by atoms with E-state index in [1.807, 2.05) is 0 Å². The second-order valence-electron chi connectivity index (χ2n) is 5.39. The van der Waals surface area contributed by atoms with E-state index in [2.05, 4.69) is 29.0 Å². The van der Waals surface area contributed by atoms with Crippen molar-refractivity contribution in [2.24, 2.45) is 5.73 Å². The molecule has 8 heteroatoms. The second kappa shape index (κ2) is 8.51. The van der Waals surface area contributed by atoms with E-state index in [0.29, 0.717) is 36.4 Å². The van der Waals surface area contributed by atoms with Crippen LogP contribution < -0.4 is 21.5 Å². The van der Waals surface area contributed by atoms with Gasteiger partial charge in [0.05, 0.1) is 11.0 Å². The lowest BCUT2D eigenvalue weighted by molar-refractivity contribution is 0.197. The number of ether oxygens (including phenoxy) is 1. The van der Waals surface area contributed by atoms with Gasteiger partial charge in [0.15, 0.2) is 0 Å². The summed E-state index contributed by atoms with van der Waals surface area (Å²) in [7, 11) is 0. The van der Waals surface area contributed by atoms with Crippen LogP contribution in [-0.4, -0.2) is 53.3 Å². The quantitative estimate of drug-likeness (QED) is 0.659. The van der Waals surface area contributed by atoms with Gasteiger partial charge < -0.3 is 25.7 Å². The molecule has 0 saturated heterocycles. The summed E-state index contributed by atoms with van der Waals surface area (Å²) in [5.74, 6) is 0.382. The predicted molar refractivity (Wildman–Crippen MR) is 93.4 cm³/mol. The van der Waals surface area contributed by atoms with E-state index in [-0.39, 0.29) is 5.69 Å². The summed E-state index contributed by atoms with van der Waals surface area (Å²) in [5, 5.41) is 2.72. The number of imidazole rings is 1. The molecular formula is C16H25N5O3. The maximum Gasteiger partial charge on any atom is 0.412 e. The first kappa shape index (κ1) is 18.0. The number of fused-ring (bicyclic) bond motifs is 1. The average Bonchev–Trinajstić information content (AvgIpc) is 2.87. The number of carbonyl (C=O) groups is 1. The van der Waals surface area contributed by atoms with E-state index in [1.165, 1.54) is 4.57 Å². The monoisotopic (exact) mass is 335 g/mol. The molecule has 0 bridgehead atoms. The van der Waals surface area contributed by atoms with E-state index in [9.17, 15) is 9.59 Å². The molecular weight excluding hydrogens is 310 g/mol. The minimum Gasteiger partial charge on any atom is -0.410 e. The fourth-order valence-corrected chi connectivity index (χ4v) is 2.55. The van der Waals surface area contributed by atoms with Crippen molar-refractivity contribution in [1.29, 1.82) is 0 Å². The summed E-state index contributed by atoms with van der Waals surface area (Å²) in [6.07, 6.45) is -0.509. The van der Waals surface area contributed by atoms with Gasteiger partial charge in [0, 0.05) is 32.2 Å². The molecule has 0 saturated carbocycles. The topological polar surface area (TPSA) is 105 Å². The van der Waals surface area contributed by atoms with Crippen LogP contribution in [-0.2, 0) is 6.54 Å². The maximum atomic E-state index is 11.9. The van der Waals surface area contributed by atoms with Crippen molar-refractivity contribution in [1.82, 2.24) is 19.8 Å². The van der Waals surface area contributed by atoms with Crippen molar-refractivity contribution < 1.29 is 9.53 Å². The normalized spacial score (nSPS) is 11.2. The lowest BCUT2D eigenvalue weighted by Crippen LogP contribution is -2.36. The molecule has 4 N–H and O–H groups in total. The van der Waals surface area contributed by atoms with Gasteiger partial charge in [-0.15, -0.1) is 0 Å². The number of nitrogens with one attached hydrogen (secondary N) is 2. The Morgan fingerprint density at radius 1 is 1.38 bits per heavy atom. The summed E-state index contributed by atoms with van der Waals surface area (Å²) in [6.45, 7) is 8.08. The average molecular weight is 335 g/mol. The first-order valence-electron chi connectivity index (χ1n) is 8.19. The summed E-state index contributed by atoms with van der Waals surface area (Å²) in [5.41, 5.74) is 6.65. The van der Waals surface area contributed by atoms with Crippen LogP contribution in [0.5, 0.6) is 5.75 Å². The Bertz CT molecular complexity index is 733. The van der Waals surface area contributed by atoms with Crippen molar-refractivity contribution in [3.63, 3.8) is 0 Å². The standard InChI is InChI=1S/C16H25N5O3/c1-3-20(4-2)10-8-18-16(23)24-12-5-6-13-14(11-12)21(9-7-17)15(22)19-13/h5-6,11H,3-4,7-10,17H2,1-2H3,(H,18,23)(H,19,22). The summed E-state index contributed by atoms with van der Waals surface area (Å²) >= 11 is 0. The number of nitrogens with two attached hydrogens (primary N) is 1. The number of likely N-dealkylation sites (N-methyl/N-ethyl adjacent to an activating group) is 1. The molecule has 1 heterocycles. The first-order chi connectivity index (χ1) is 11.6. The van der Waals surface area contributed by atoms with E-state index in [4.69, 9.17) is 10.5 Å². The van der Waals surface area contributed by atoms with Crippen molar-refractivity contribution in [3.05, 3.63) is 28.7 Å². The fraction of sp³-hybridized carbons (Fsp3) is 0.500. The van der Waals surface area contributed by atoms with Crippen molar-refractivity contribution >= 4 is 17.1 Å². The Balaban J connectivity index is 2.00. The van der Waals surface area contributed by atoms with Crippen LogP contribution in [0.3, 0.4) is 0 Å². The van der Waals surface area contributed by atoms with E-state index in [1.54, 1.807) is 18.2 Å². The van der Waals surface area contributed by atoms with Gasteiger partial charge in [0.1, 0.15) is 5.75 Å². The number of aromatic nitrogens is 2. The van der Waals surface area contributed by atoms with Crippen LogP contribution in [0.15, 0.2) is 23.0 Å². The van der Waals surface area contributed by atoms with Crippen LogP contribution >= 0.6 is 0 Å². The molecule has 0 aliphatic carbocycles. The summed E-state index contributed by atoms with van der Waals surface area (Å²) in [6, 6.07) is 5.02. The van der Waals surface area contributed by atoms with E-state index in [0.717, 1.165) is 19.6 Å². The molecule has 0 aliphatic rings. The highest BCUT2D eigenvalue weighted by atomic mass is 16.6. The number of nitrogens with zero attached hydrogens (tertiary/aromatic N) is 2.